The molecular weight excluding hydrogens is 234 g/mol. The Labute approximate surface area is 107 Å². The van der Waals surface area contributed by atoms with Gasteiger partial charge >= 0.3 is 0 Å². The Kier molecular flexibility index (Phi) is 4.56. The molecule has 0 amide bonds. The number of halogens is 2. The van der Waals surface area contributed by atoms with Crippen LogP contribution in [0.25, 0.3) is 0 Å². The molecule has 2 rings (SSSR count). The lowest BCUT2D eigenvalue weighted by molar-refractivity contribution is 0.180. The van der Waals surface area contributed by atoms with Gasteiger partial charge < -0.3 is 4.74 Å². The first-order chi connectivity index (χ1) is 8.69. The van der Waals surface area contributed by atoms with Gasteiger partial charge in [0.25, 0.3) is 0 Å². The predicted octanol–water partition coefficient (Wildman–Crippen LogP) is 4.56. The molecular formula is C15H20F2O. The highest BCUT2D eigenvalue weighted by atomic mass is 19.2. The Hall–Kier alpha value is -1.12. The summed E-state index contributed by atoms with van der Waals surface area (Å²) in [5.74, 6) is 0.171. The fourth-order valence-electron chi connectivity index (χ4n) is 2.59. The maximum absolute atomic E-state index is 13.0. The number of hydrogen-bond donors (Lipinski definition) is 0. The molecule has 0 aromatic heterocycles. The van der Waals surface area contributed by atoms with E-state index in [9.17, 15) is 8.78 Å². The summed E-state index contributed by atoms with van der Waals surface area (Å²) in [7, 11) is 0. The van der Waals surface area contributed by atoms with Crippen molar-refractivity contribution in [2.45, 2.75) is 39.0 Å². The van der Waals surface area contributed by atoms with Gasteiger partial charge in [-0.1, -0.05) is 26.2 Å². The molecule has 0 bridgehead atoms. The van der Waals surface area contributed by atoms with Crippen molar-refractivity contribution >= 4 is 0 Å². The van der Waals surface area contributed by atoms with Gasteiger partial charge in [0.1, 0.15) is 5.75 Å². The minimum atomic E-state index is -0.845. The highest BCUT2D eigenvalue weighted by molar-refractivity contribution is 5.23. The van der Waals surface area contributed by atoms with E-state index in [1.165, 1.54) is 38.2 Å². The van der Waals surface area contributed by atoms with Gasteiger partial charge in [-0.25, -0.2) is 8.78 Å². The maximum Gasteiger partial charge on any atom is 0.162 e. The van der Waals surface area contributed by atoms with Gasteiger partial charge in [0.2, 0.25) is 0 Å². The van der Waals surface area contributed by atoms with Gasteiger partial charge in [-0.3, -0.25) is 0 Å². The van der Waals surface area contributed by atoms with E-state index in [-0.39, 0.29) is 0 Å². The minimum absolute atomic E-state index is 0.423. The van der Waals surface area contributed by atoms with Crippen molar-refractivity contribution in [3.63, 3.8) is 0 Å². The zero-order valence-corrected chi connectivity index (χ0v) is 10.8. The van der Waals surface area contributed by atoms with E-state index in [0.717, 1.165) is 18.1 Å². The lowest BCUT2D eigenvalue weighted by Crippen LogP contribution is -2.19. The molecule has 1 fully saturated rings. The van der Waals surface area contributed by atoms with Crippen LogP contribution in [0.3, 0.4) is 0 Å². The number of ether oxygens (including phenoxy) is 1. The average molecular weight is 254 g/mol. The van der Waals surface area contributed by atoms with Crippen molar-refractivity contribution in [3.8, 4) is 5.75 Å². The third-order valence-corrected chi connectivity index (χ3v) is 3.92. The Morgan fingerprint density at radius 1 is 1.06 bits per heavy atom. The molecule has 1 nitrogen and oxygen atoms in total. The van der Waals surface area contributed by atoms with E-state index >= 15 is 0 Å². The maximum atomic E-state index is 13.0. The van der Waals surface area contributed by atoms with Crippen molar-refractivity contribution in [3.05, 3.63) is 29.8 Å². The molecule has 0 N–H and O–H groups in total. The molecule has 0 spiro atoms. The quantitative estimate of drug-likeness (QED) is 0.765. The van der Waals surface area contributed by atoms with Crippen LogP contribution in [0.2, 0.25) is 0 Å². The first kappa shape index (κ1) is 13.3. The molecule has 0 unspecified atom stereocenters. The summed E-state index contributed by atoms with van der Waals surface area (Å²) in [5.41, 5.74) is 0. The molecule has 100 valence electrons. The SMILES string of the molecule is CC[C@H]1CC[C@H](COc2ccc(F)c(F)c2)CC1. The van der Waals surface area contributed by atoms with E-state index in [1.54, 1.807) is 0 Å². The Bertz CT molecular complexity index is 384. The van der Waals surface area contributed by atoms with Crippen LogP contribution in [0.15, 0.2) is 18.2 Å². The normalized spacial score (nSPS) is 23.9. The van der Waals surface area contributed by atoms with Gasteiger partial charge in [0.15, 0.2) is 11.6 Å². The largest absolute Gasteiger partial charge is 0.493 e. The number of benzene rings is 1. The summed E-state index contributed by atoms with van der Waals surface area (Å²) in [6.45, 7) is 2.85. The van der Waals surface area contributed by atoms with E-state index in [2.05, 4.69) is 6.92 Å². The molecule has 0 radical (unpaired) electrons. The van der Waals surface area contributed by atoms with Crippen molar-refractivity contribution in [2.24, 2.45) is 11.8 Å². The zero-order valence-electron chi connectivity index (χ0n) is 10.8. The van der Waals surface area contributed by atoms with Crippen molar-refractivity contribution in [1.82, 2.24) is 0 Å². The highest BCUT2D eigenvalue weighted by Gasteiger charge is 2.20. The lowest BCUT2D eigenvalue weighted by Gasteiger charge is -2.27. The third-order valence-electron chi connectivity index (χ3n) is 3.92. The van der Waals surface area contributed by atoms with Crippen LogP contribution in [-0.2, 0) is 0 Å². The van der Waals surface area contributed by atoms with E-state index in [4.69, 9.17) is 4.74 Å². The first-order valence-electron chi connectivity index (χ1n) is 6.77. The standard InChI is InChI=1S/C15H20F2O/c1-2-11-3-5-12(6-4-11)10-18-13-7-8-14(16)15(17)9-13/h7-9,11-12H,2-6,10H2,1H3/t11-,12-. The van der Waals surface area contributed by atoms with Gasteiger partial charge in [0, 0.05) is 6.07 Å². The number of rotatable bonds is 4. The molecule has 0 aliphatic heterocycles. The molecule has 1 aromatic rings. The second-order valence-electron chi connectivity index (χ2n) is 5.18. The van der Waals surface area contributed by atoms with Crippen LogP contribution >= 0.6 is 0 Å². The van der Waals surface area contributed by atoms with Crippen molar-refractivity contribution in [2.75, 3.05) is 6.61 Å². The van der Waals surface area contributed by atoms with Crippen LogP contribution in [0, 0.1) is 23.5 Å². The van der Waals surface area contributed by atoms with Crippen molar-refractivity contribution in [1.29, 1.82) is 0 Å². The molecule has 0 atom stereocenters. The van der Waals surface area contributed by atoms with Crippen LogP contribution in [0.1, 0.15) is 39.0 Å². The van der Waals surface area contributed by atoms with Gasteiger partial charge in [-0.15, -0.1) is 0 Å². The molecule has 18 heavy (non-hydrogen) atoms. The highest BCUT2D eigenvalue weighted by Crippen LogP contribution is 2.31. The Morgan fingerprint density at radius 3 is 2.33 bits per heavy atom. The first-order valence-corrected chi connectivity index (χ1v) is 6.77. The van der Waals surface area contributed by atoms with E-state index in [1.807, 2.05) is 0 Å². The molecule has 0 saturated heterocycles. The summed E-state index contributed by atoms with van der Waals surface area (Å²) in [4.78, 5) is 0. The van der Waals surface area contributed by atoms with Crippen LogP contribution in [0.5, 0.6) is 5.75 Å². The fraction of sp³-hybridized carbons (Fsp3) is 0.600. The monoisotopic (exact) mass is 254 g/mol. The summed E-state index contributed by atoms with van der Waals surface area (Å²) in [6, 6.07) is 3.71. The summed E-state index contributed by atoms with van der Waals surface area (Å²) < 4.78 is 31.3. The molecule has 3 heteroatoms. The fourth-order valence-corrected chi connectivity index (χ4v) is 2.59. The molecule has 0 heterocycles. The zero-order chi connectivity index (χ0) is 13.0. The Balaban J connectivity index is 1.79. The average Bonchev–Trinajstić information content (AvgIpc) is 2.41. The van der Waals surface area contributed by atoms with Crippen LogP contribution in [-0.4, -0.2) is 6.61 Å². The van der Waals surface area contributed by atoms with Gasteiger partial charge in [-0.2, -0.15) is 0 Å². The van der Waals surface area contributed by atoms with Gasteiger partial charge in [-0.05, 0) is 36.8 Å². The molecule has 1 saturated carbocycles. The summed E-state index contributed by atoms with van der Waals surface area (Å²) >= 11 is 0. The Morgan fingerprint density at radius 2 is 1.72 bits per heavy atom. The lowest BCUT2D eigenvalue weighted by atomic mass is 9.81. The minimum Gasteiger partial charge on any atom is -0.493 e. The second-order valence-corrected chi connectivity index (χ2v) is 5.18. The second kappa shape index (κ2) is 6.17. The molecule has 1 aliphatic carbocycles. The summed E-state index contributed by atoms with van der Waals surface area (Å²) in [6.07, 6.45) is 6.16. The van der Waals surface area contributed by atoms with Crippen molar-refractivity contribution < 1.29 is 13.5 Å². The topological polar surface area (TPSA) is 9.23 Å². The van der Waals surface area contributed by atoms with Gasteiger partial charge in [0.05, 0.1) is 6.61 Å². The summed E-state index contributed by atoms with van der Waals surface area (Å²) in [5, 5.41) is 0. The molecule has 1 aromatic carbocycles. The van der Waals surface area contributed by atoms with E-state index in [0.29, 0.717) is 18.3 Å². The number of hydrogen-bond acceptors (Lipinski definition) is 1. The smallest absolute Gasteiger partial charge is 0.162 e. The van der Waals surface area contributed by atoms with Crippen LogP contribution < -0.4 is 4.74 Å². The van der Waals surface area contributed by atoms with E-state index < -0.39 is 11.6 Å². The predicted molar refractivity (Wildman–Crippen MR) is 67.6 cm³/mol. The third kappa shape index (κ3) is 3.44. The molecule has 1 aliphatic rings. The van der Waals surface area contributed by atoms with Crippen LogP contribution in [0.4, 0.5) is 8.78 Å².